The Morgan fingerprint density at radius 1 is 1.32 bits per heavy atom. The molecule has 1 aromatic carbocycles. The molecular weight excluding hydrogens is 324 g/mol. The van der Waals surface area contributed by atoms with Crippen molar-refractivity contribution in [2.75, 3.05) is 4.72 Å². The smallest absolute Gasteiger partial charge is 0.306 e. The van der Waals surface area contributed by atoms with Crippen molar-refractivity contribution in [2.45, 2.75) is 24.0 Å². The number of nitrogens with one attached hydrogen (secondary N) is 1. The minimum atomic E-state index is -3.61. The number of carboxylic acids is 1. The van der Waals surface area contributed by atoms with E-state index in [-0.39, 0.29) is 4.21 Å². The summed E-state index contributed by atoms with van der Waals surface area (Å²) in [4.78, 5) is 11.0. The highest BCUT2D eigenvalue weighted by Gasteiger charge is 2.17. The molecule has 8 heteroatoms. The summed E-state index contributed by atoms with van der Waals surface area (Å²) in [5.74, 6) is -1.25. The molecule has 0 radical (unpaired) electrons. The van der Waals surface area contributed by atoms with Crippen LogP contribution in [-0.4, -0.2) is 23.9 Å². The van der Waals surface area contributed by atoms with Gasteiger partial charge in [0, 0.05) is 11.9 Å². The largest absolute Gasteiger partial charge is 0.481 e. The molecule has 0 aliphatic carbocycles. The predicted molar refractivity (Wildman–Crippen MR) is 84.5 cm³/mol. The Balaban J connectivity index is 2.08. The Bertz CT molecular complexity index is 725. The minimum absolute atomic E-state index is 0.147. The number of aliphatic carboxylic acids is 1. The first kappa shape index (κ1) is 16.4. The normalized spacial score (nSPS) is 12.8. The summed E-state index contributed by atoms with van der Waals surface area (Å²) in [7, 11) is -3.61. The van der Waals surface area contributed by atoms with Gasteiger partial charge in [-0.3, -0.25) is 9.52 Å². The third kappa shape index (κ3) is 4.05. The van der Waals surface area contributed by atoms with Gasteiger partial charge in [0.25, 0.3) is 10.0 Å². The molecule has 0 aliphatic heterocycles. The van der Waals surface area contributed by atoms with Crippen LogP contribution in [-0.2, 0) is 21.2 Å². The maximum atomic E-state index is 12.0. The highest BCUT2D eigenvalue weighted by molar-refractivity contribution is 7.94. The van der Waals surface area contributed by atoms with E-state index in [9.17, 15) is 13.2 Å². The van der Waals surface area contributed by atoms with E-state index in [2.05, 4.69) is 9.10 Å². The van der Waals surface area contributed by atoms with Crippen molar-refractivity contribution < 1.29 is 18.3 Å². The standard InChI is InChI=1S/C14H16N2O4S2/c1-2-11(14(17)18)9-10-3-5-12(6-4-10)16-22(19,20)13-7-8-15-21-13/h3-8,11,16H,2,9H2,1H3,(H,17,18). The topological polar surface area (TPSA) is 96.4 Å². The van der Waals surface area contributed by atoms with Gasteiger partial charge in [-0.1, -0.05) is 19.1 Å². The first-order chi connectivity index (χ1) is 10.4. The third-order valence-corrected chi connectivity index (χ3v) is 5.80. The number of carboxylic acid groups (broad SMARTS) is 1. The molecule has 0 fully saturated rings. The average Bonchev–Trinajstić information content (AvgIpc) is 3.01. The fourth-order valence-electron chi connectivity index (χ4n) is 1.95. The fraction of sp³-hybridized carbons (Fsp3) is 0.286. The molecule has 1 unspecified atom stereocenters. The number of sulfonamides is 1. The molecular formula is C14H16N2O4S2. The van der Waals surface area contributed by atoms with Gasteiger partial charge in [0.15, 0.2) is 4.21 Å². The molecule has 0 saturated carbocycles. The van der Waals surface area contributed by atoms with E-state index in [1.54, 1.807) is 24.3 Å². The van der Waals surface area contributed by atoms with Crippen LogP contribution in [0.2, 0.25) is 0 Å². The minimum Gasteiger partial charge on any atom is -0.481 e. The van der Waals surface area contributed by atoms with Crippen LogP contribution in [0, 0.1) is 5.92 Å². The number of rotatable bonds is 7. The molecule has 2 aromatic rings. The summed E-state index contributed by atoms with van der Waals surface area (Å²) in [5.41, 5.74) is 1.29. The number of anilines is 1. The van der Waals surface area contributed by atoms with E-state index < -0.39 is 21.9 Å². The van der Waals surface area contributed by atoms with E-state index >= 15 is 0 Å². The molecule has 0 spiro atoms. The summed E-state index contributed by atoms with van der Waals surface area (Å²) < 4.78 is 30.5. The fourth-order valence-corrected chi connectivity index (χ4v) is 3.73. The van der Waals surface area contributed by atoms with Crippen LogP contribution in [0.4, 0.5) is 5.69 Å². The molecule has 6 nitrogen and oxygen atoms in total. The van der Waals surface area contributed by atoms with Gasteiger partial charge in [0.2, 0.25) is 0 Å². The second kappa shape index (κ2) is 6.89. The molecule has 2 rings (SSSR count). The molecule has 2 N–H and O–H groups in total. The van der Waals surface area contributed by atoms with Crippen molar-refractivity contribution in [3.63, 3.8) is 0 Å². The molecule has 0 saturated heterocycles. The van der Waals surface area contributed by atoms with Crippen molar-refractivity contribution in [3.05, 3.63) is 42.1 Å². The summed E-state index contributed by atoms with van der Waals surface area (Å²) in [6, 6.07) is 8.15. The van der Waals surface area contributed by atoms with Crippen LogP contribution < -0.4 is 4.72 Å². The summed E-state index contributed by atoms with van der Waals surface area (Å²) >= 11 is 0.901. The van der Waals surface area contributed by atoms with Gasteiger partial charge in [0.05, 0.1) is 5.92 Å². The van der Waals surface area contributed by atoms with Gasteiger partial charge in [-0.15, -0.1) is 0 Å². The molecule has 1 aromatic heterocycles. The van der Waals surface area contributed by atoms with Gasteiger partial charge in [-0.05, 0) is 48.1 Å². The van der Waals surface area contributed by atoms with E-state index in [0.717, 1.165) is 17.1 Å². The van der Waals surface area contributed by atoms with Crippen LogP contribution in [0.25, 0.3) is 0 Å². The quantitative estimate of drug-likeness (QED) is 0.807. The van der Waals surface area contributed by atoms with Crippen molar-refractivity contribution >= 4 is 33.2 Å². The molecule has 0 bridgehead atoms. The number of hydrogen-bond donors (Lipinski definition) is 2. The zero-order chi connectivity index (χ0) is 16.2. The zero-order valence-corrected chi connectivity index (χ0v) is 13.5. The van der Waals surface area contributed by atoms with Crippen LogP contribution in [0.15, 0.2) is 40.7 Å². The number of aromatic nitrogens is 1. The predicted octanol–water partition coefficient (Wildman–Crippen LogP) is 2.60. The Hall–Kier alpha value is -1.93. The average molecular weight is 340 g/mol. The molecule has 0 amide bonds. The number of nitrogens with zero attached hydrogens (tertiary/aromatic N) is 1. The first-order valence-electron chi connectivity index (χ1n) is 6.67. The number of carbonyl (C=O) groups is 1. The summed E-state index contributed by atoms with van der Waals surface area (Å²) in [6.07, 6.45) is 2.40. The van der Waals surface area contributed by atoms with E-state index in [0.29, 0.717) is 18.5 Å². The molecule has 1 heterocycles. The van der Waals surface area contributed by atoms with Crippen molar-refractivity contribution in [3.8, 4) is 0 Å². The summed E-state index contributed by atoms with van der Waals surface area (Å²) in [6.45, 7) is 1.83. The lowest BCUT2D eigenvalue weighted by Gasteiger charge is -2.11. The Kier molecular flexibility index (Phi) is 5.15. The highest BCUT2D eigenvalue weighted by Crippen LogP contribution is 2.20. The van der Waals surface area contributed by atoms with Crippen molar-refractivity contribution in [2.24, 2.45) is 5.92 Å². The lowest BCUT2D eigenvalue weighted by molar-refractivity contribution is -0.141. The van der Waals surface area contributed by atoms with Gasteiger partial charge in [-0.2, -0.15) is 4.37 Å². The number of hydrogen-bond acceptors (Lipinski definition) is 5. The van der Waals surface area contributed by atoms with Crippen molar-refractivity contribution in [1.29, 1.82) is 0 Å². The Morgan fingerprint density at radius 2 is 2.00 bits per heavy atom. The Morgan fingerprint density at radius 3 is 2.50 bits per heavy atom. The van der Waals surface area contributed by atoms with Gasteiger partial charge in [0.1, 0.15) is 0 Å². The maximum absolute atomic E-state index is 12.0. The second-order valence-corrected chi connectivity index (χ2v) is 7.52. The zero-order valence-electron chi connectivity index (χ0n) is 11.9. The number of benzene rings is 1. The van der Waals surface area contributed by atoms with Gasteiger partial charge in [-0.25, -0.2) is 8.42 Å². The van der Waals surface area contributed by atoms with Crippen LogP contribution >= 0.6 is 11.5 Å². The van der Waals surface area contributed by atoms with Crippen LogP contribution in [0.5, 0.6) is 0 Å². The molecule has 22 heavy (non-hydrogen) atoms. The van der Waals surface area contributed by atoms with Gasteiger partial charge < -0.3 is 5.11 Å². The van der Waals surface area contributed by atoms with Crippen molar-refractivity contribution in [1.82, 2.24) is 4.37 Å². The monoisotopic (exact) mass is 340 g/mol. The second-order valence-electron chi connectivity index (χ2n) is 4.78. The molecule has 0 aliphatic rings. The SMILES string of the molecule is CCC(Cc1ccc(NS(=O)(=O)c2ccns2)cc1)C(=O)O. The van der Waals surface area contributed by atoms with E-state index in [1.807, 2.05) is 6.92 Å². The Labute approximate surface area is 133 Å². The lowest BCUT2D eigenvalue weighted by Crippen LogP contribution is -2.15. The van der Waals surface area contributed by atoms with Gasteiger partial charge >= 0.3 is 5.97 Å². The summed E-state index contributed by atoms with van der Waals surface area (Å²) in [5, 5.41) is 9.05. The van der Waals surface area contributed by atoms with E-state index in [1.165, 1.54) is 12.3 Å². The highest BCUT2D eigenvalue weighted by atomic mass is 32.2. The van der Waals surface area contributed by atoms with Crippen LogP contribution in [0.3, 0.4) is 0 Å². The van der Waals surface area contributed by atoms with Crippen LogP contribution in [0.1, 0.15) is 18.9 Å². The first-order valence-corrected chi connectivity index (χ1v) is 8.93. The molecule has 118 valence electrons. The van der Waals surface area contributed by atoms with E-state index in [4.69, 9.17) is 5.11 Å². The maximum Gasteiger partial charge on any atom is 0.306 e. The third-order valence-electron chi connectivity index (χ3n) is 3.21. The molecule has 1 atom stereocenters. The lowest BCUT2D eigenvalue weighted by atomic mass is 9.97.